The zero-order valence-electron chi connectivity index (χ0n) is 21.9. The summed E-state index contributed by atoms with van der Waals surface area (Å²) >= 11 is 0. The molecule has 41 heavy (non-hydrogen) atoms. The van der Waals surface area contributed by atoms with Crippen molar-refractivity contribution in [1.82, 2.24) is 15.4 Å². The number of nitrogens with zero attached hydrogens (tertiary/aromatic N) is 4. The fourth-order valence-corrected chi connectivity index (χ4v) is 4.98. The first-order valence-electron chi connectivity index (χ1n) is 13.1. The fourth-order valence-electron chi connectivity index (χ4n) is 4.98. The molecule has 0 fully saturated rings. The van der Waals surface area contributed by atoms with Crippen molar-refractivity contribution in [2.75, 3.05) is 17.3 Å². The SMILES string of the molecule is N#CC1=C(NNc2c(O)c(C(=O)Nc3ccc4ccccc4c3)cc3ccccc23)C(c2ncccn2)CCN=C1. The standard InChI is InChI=1S/C32H25N7O2/c33-18-23-19-34-15-12-26(31-35-13-5-14-36-31)28(23)38-39-29-25-9-4-3-8-22(25)17-27(30(29)40)32(41)37-24-11-10-20-6-1-2-7-21(20)16-24/h1-11,13-14,16-17,19,26,38-40H,12,15H2,(H,37,41). The van der Waals surface area contributed by atoms with Crippen LogP contribution in [0.3, 0.4) is 0 Å². The fraction of sp³-hybridized carbons (Fsp3) is 0.0938. The number of aromatic nitrogens is 2. The number of fused-ring (bicyclic) bond motifs is 2. The van der Waals surface area contributed by atoms with E-state index in [9.17, 15) is 15.2 Å². The third-order valence-corrected chi connectivity index (χ3v) is 7.02. The third kappa shape index (κ3) is 5.14. The van der Waals surface area contributed by atoms with Crippen molar-refractivity contribution < 1.29 is 9.90 Å². The molecule has 1 aromatic heterocycles. The molecular formula is C32H25N7O2. The first-order valence-corrected chi connectivity index (χ1v) is 13.1. The van der Waals surface area contributed by atoms with Crippen LogP contribution in [0.5, 0.6) is 5.75 Å². The van der Waals surface area contributed by atoms with Gasteiger partial charge in [0, 0.05) is 36.2 Å². The molecular weight excluding hydrogens is 514 g/mol. The summed E-state index contributed by atoms with van der Waals surface area (Å²) in [4.78, 5) is 26.6. The average Bonchev–Trinajstić information content (AvgIpc) is 3.22. The van der Waals surface area contributed by atoms with E-state index in [4.69, 9.17) is 0 Å². The Morgan fingerprint density at radius 3 is 2.46 bits per heavy atom. The van der Waals surface area contributed by atoms with Crippen LogP contribution in [0.2, 0.25) is 0 Å². The molecule has 4 aromatic carbocycles. The van der Waals surface area contributed by atoms with Crippen molar-refractivity contribution in [2.45, 2.75) is 12.3 Å². The van der Waals surface area contributed by atoms with Crippen molar-refractivity contribution in [1.29, 1.82) is 5.26 Å². The largest absolute Gasteiger partial charge is 0.505 e. The van der Waals surface area contributed by atoms with E-state index in [1.165, 1.54) is 6.21 Å². The number of phenols is 1. The number of anilines is 2. The molecule has 1 unspecified atom stereocenters. The summed E-state index contributed by atoms with van der Waals surface area (Å²) in [6.07, 6.45) is 5.42. The molecule has 1 aliphatic heterocycles. The van der Waals surface area contributed by atoms with E-state index < -0.39 is 5.91 Å². The van der Waals surface area contributed by atoms with Crippen molar-refractivity contribution in [3.63, 3.8) is 0 Å². The number of amides is 1. The zero-order chi connectivity index (χ0) is 28.2. The predicted octanol–water partition coefficient (Wildman–Crippen LogP) is 5.69. The van der Waals surface area contributed by atoms with E-state index in [1.54, 1.807) is 24.5 Å². The first kappa shape index (κ1) is 25.5. The Labute approximate surface area is 235 Å². The molecule has 0 bridgehead atoms. The van der Waals surface area contributed by atoms with Gasteiger partial charge in [-0.05, 0) is 46.8 Å². The van der Waals surface area contributed by atoms with Crippen molar-refractivity contribution in [3.8, 4) is 11.8 Å². The topological polar surface area (TPSA) is 135 Å². The molecule has 1 amide bonds. The maximum atomic E-state index is 13.4. The highest BCUT2D eigenvalue weighted by Gasteiger charge is 2.26. The highest BCUT2D eigenvalue weighted by molar-refractivity contribution is 6.12. The molecule has 9 nitrogen and oxygen atoms in total. The van der Waals surface area contributed by atoms with Gasteiger partial charge in [0.2, 0.25) is 0 Å². The maximum absolute atomic E-state index is 13.4. The van der Waals surface area contributed by atoms with Gasteiger partial charge in [-0.1, -0.05) is 54.6 Å². The minimum absolute atomic E-state index is 0.0982. The highest BCUT2D eigenvalue weighted by atomic mass is 16.3. The van der Waals surface area contributed by atoms with Crippen LogP contribution >= 0.6 is 0 Å². The molecule has 5 aromatic rings. The van der Waals surface area contributed by atoms with Gasteiger partial charge in [-0.25, -0.2) is 9.97 Å². The monoisotopic (exact) mass is 539 g/mol. The zero-order valence-corrected chi connectivity index (χ0v) is 21.9. The number of allylic oxidation sites excluding steroid dienone is 2. The summed E-state index contributed by atoms with van der Waals surface area (Å²) in [6.45, 7) is 0.498. The van der Waals surface area contributed by atoms with Gasteiger partial charge in [-0.15, -0.1) is 0 Å². The number of hydrazine groups is 1. The third-order valence-electron chi connectivity index (χ3n) is 7.02. The molecule has 0 saturated heterocycles. The highest BCUT2D eigenvalue weighted by Crippen LogP contribution is 2.37. The van der Waals surface area contributed by atoms with E-state index in [-0.39, 0.29) is 17.2 Å². The Morgan fingerprint density at radius 2 is 1.66 bits per heavy atom. The van der Waals surface area contributed by atoms with Gasteiger partial charge in [0.05, 0.1) is 22.8 Å². The van der Waals surface area contributed by atoms with E-state index in [1.807, 2.05) is 66.7 Å². The number of carbonyl (C=O) groups excluding carboxylic acids is 1. The number of carbonyl (C=O) groups is 1. The Bertz CT molecular complexity index is 1880. The second kappa shape index (κ2) is 11.2. The number of hydrogen-bond donors (Lipinski definition) is 4. The van der Waals surface area contributed by atoms with Crippen LogP contribution in [0.15, 0.2) is 108 Å². The lowest BCUT2D eigenvalue weighted by Crippen LogP contribution is -2.28. The van der Waals surface area contributed by atoms with Crippen LogP contribution in [0.25, 0.3) is 21.5 Å². The quantitative estimate of drug-likeness (QED) is 0.161. The predicted molar refractivity (Wildman–Crippen MR) is 160 cm³/mol. The maximum Gasteiger partial charge on any atom is 0.259 e. The van der Waals surface area contributed by atoms with Crippen molar-refractivity contribution in [3.05, 3.63) is 114 Å². The lowest BCUT2D eigenvalue weighted by atomic mass is 9.98. The minimum atomic E-state index is -0.458. The number of benzene rings is 4. The number of nitrogens with one attached hydrogen (secondary N) is 3. The summed E-state index contributed by atoms with van der Waals surface area (Å²) in [5.74, 6) is -0.481. The molecule has 0 spiro atoms. The molecule has 1 aliphatic rings. The Balaban J connectivity index is 1.36. The van der Waals surface area contributed by atoms with Crippen LogP contribution in [0.4, 0.5) is 11.4 Å². The molecule has 6 rings (SSSR count). The van der Waals surface area contributed by atoms with Crippen LogP contribution < -0.4 is 16.2 Å². The van der Waals surface area contributed by atoms with E-state index >= 15 is 0 Å². The second-order valence-electron chi connectivity index (χ2n) is 9.56. The summed E-state index contributed by atoms with van der Waals surface area (Å²) in [5.41, 5.74) is 8.09. The normalized spacial score (nSPS) is 14.9. The van der Waals surface area contributed by atoms with E-state index in [2.05, 4.69) is 37.2 Å². The lowest BCUT2D eigenvalue weighted by Gasteiger charge is -2.22. The smallest absolute Gasteiger partial charge is 0.259 e. The van der Waals surface area contributed by atoms with Crippen LogP contribution in [0, 0.1) is 11.3 Å². The molecule has 1 atom stereocenters. The number of rotatable bonds is 6. The van der Waals surface area contributed by atoms with E-state index in [0.717, 1.165) is 16.2 Å². The van der Waals surface area contributed by atoms with Gasteiger partial charge in [0.1, 0.15) is 17.6 Å². The van der Waals surface area contributed by atoms with Gasteiger partial charge in [-0.2, -0.15) is 5.26 Å². The number of aliphatic imine (C=N–C) groups is 1. The first-order chi connectivity index (χ1) is 20.1. The number of phenolic OH excluding ortho intramolecular Hbond substituents is 1. The summed E-state index contributed by atoms with van der Waals surface area (Å²) in [6, 6.07) is 26.5. The second-order valence-corrected chi connectivity index (χ2v) is 9.56. The number of hydrogen-bond acceptors (Lipinski definition) is 8. The van der Waals surface area contributed by atoms with Crippen LogP contribution in [0.1, 0.15) is 28.5 Å². The van der Waals surface area contributed by atoms with Gasteiger partial charge in [0.25, 0.3) is 5.91 Å². The Kier molecular flexibility index (Phi) is 6.95. The Morgan fingerprint density at radius 1 is 0.902 bits per heavy atom. The molecule has 0 radical (unpaired) electrons. The molecule has 200 valence electrons. The van der Waals surface area contributed by atoms with Crippen molar-refractivity contribution >= 4 is 45.0 Å². The summed E-state index contributed by atoms with van der Waals surface area (Å²) in [5, 5.41) is 27.7. The lowest BCUT2D eigenvalue weighted by molar-refractivity contribution is 0.102. The number of aromatic hydroxyl groups is 1. The Hall–Kier alpha value is -5.75. The number of nitriles is 1. The molecule has 0 saturated carbocycles. The van der Waals surface area contributed by atoms with Gasteiger partial charge in [-0.3, -0.25) is 15.2 Å². The van der Waals surface area contributed by atoms with Crippen LogP contribution in [-0.4, -0.2) is 33.7 Å². The molecule has 9 heteroatoms. The minimum Gasteiger partial charge on any atom is -0.505 e. The average molecular weight is 540 g/mol. The summed E-state index contributed by atoms with van der Waals surface area (Å²) < 4.78 is 0. The van der Waals surface area contributed by atoms with Crippen molar-refractivity contribution in [2.24, 2.45) is 4.99 Å². The van der Waals surface area contributed by atoms with Gasteiger partial charge < -0.3 is 15.8 Å². The van der Waals surface area contributed by atoms with Gasteiger partial charge >= 0.3 is 0 Å². The van der Waals surface area contributed by atoms with E-state index in [0.29, 0.717) is 46.8 Å². The molecule has 4 N–H and O–H groups in total. The molecule has 0 aliphatic carbocycles. The summed E-state index contributed by atoms with van der Waals surface area (Å²) in [7, 11) is 0. The van der Waals surface area contributed by atoms with Crippen LogP contribution in [-0.2, 0) is 0 Å². The van der Waals surface area contributed by atoms with Gasteiger partial charge in [0.15, 0.2) is 5.75 Å². The molecule has 2 heterocycles.